The van der Waals surface area contributed by atoms with Gasteiger partial charge in [-0.2, -0.15) is 0 Å². The van der Waals surface area contributed by atoms with Gasteiger partial charge < -0.3 is 15.4 Å². The van der Waals surface area contributed by atoms with Crippen LogP contribution in [0.5, 0.6) is 5.75 Å². The number of carbonyl (C=O) groups is 1. The predicted octanol–water partition coefficient (Wildman–Crippen LogP) is 2.36. The minimum atomic E-state index is 0.200. The molecule has 0 atom stereocenters. The number of nitrogens with two attached hydrogens (primary N) is 1. The molecule has 1 amide bonds. The fourth-order valence-electron chi connectivity index (χ4n) is 3.11. The highest BCUT2D eigenvalue weighted by Gasteiger charge is 2.26. The van der Waals surface area contributed by atoms with Gasteiger partial charge in [0, 0.05) is 18.6 Å². The van der Waals surface area contributed by atoms with Crippen molar-refractivity contribution in [1.29, 1.82) is 0 Å². The number of likely N-dealkylation sites (N-methyl/N-ethyl adjacent to an activating group) is 1. The standard InChI is InChI=1S/C17H26N2O2/c1-3-19(15-9-7-14(18)8-10-15)17(20)12-13-5-4-6-16(11-13)21-2/h4-6,11,14-15H,3,7-10,12,18H2,1-2H3. The molecule has 0 spiro atoms. The van der Waals surface area contributed by atoms with E-state index in [0.717, 1.165) is 43.5 Å². The lowest BCUT2D eigenvalue weighted by Crippen LogP contribution is -2.44. The van der Waals surface area contributed by atoms with Crippen molar-refractivity contribution in [3.05, 3.63) is 29.8 Å². The van der Waals surface area contributed by atoms with Crippen molar-refractivity contribution >= 4 is 5.91 Å². The number of nitrogens with zero attached hydrogens (tertiary/aromatic N) is 1. The Kier molecular flexibility index (Phi) is 5.62. The summed E-state index contributed by atoms with van der Waals surface area (Å²) < 4.78 is 5.21. The Bertz CT molecular complexity index is 468. The molecular weight excluding hydrogens is 264 g/mol. The van der Waals surface area contributed by atoms with Crippen LogP contribution < -0.4 is 10.5 Å². The zero-order valence-corrected chi connectivity index (χ0v) is 13.0. The summed E-state index contributed by atoms with van der Waals surface area (Å²) in [5.74, 6) is 0.998. The van der Waals surface area contributed by atoms with Crippen molar-refractivity contribution in [2.45, 2.75) is 51.1 Å². The van der Waals surface area contributed by atoms with Crippen molar-refractivity contribution in [3.63, 3.8) is 0 Å². The minimum absolute atomic E-state index is 0.200. The van der Waals surface area contributed by atoms with Gasteiger partial charge in [0.1, 0.15) is 5.75 Å². The predicted molar refractivity (Wildman–Crippen MR) is 84.3 cm³/mol. The molecule has 4 heteroatoms. The molecule has 4 nitrogen and oxygen atoms in total. The highest BCUT2D eigenvalue weighted by Crippen LogP contribution is 2.23. The third-order valence-electron chi connectivity index (χ3n) is 4.33. The van der Waals surface area contributed by atoms with Crippen molar-refractivity contribution in [1.82, 2.24) is 4.90 Å². The third kappa shape index (κ3) is 4.21. The van der Waals surface area contributed by atoms with Gasteiger partial charge in [-0.15, -0.1) is 0 Å². The maximum Gasteiger partial charge on any atom is 0.227 e. The van der Waals surface area contributed by atoms with Crippen molar-refractivity contribution < 1.29 is 9.53 Å². The molecule has 0 saturated heterocycles. The number of hydrogen-bond acceptors (Lipinski definition) is 3. The molecule has 0 bridgehead atoms. The molecule has 1 fully saturated rings. The zero-order valence-electron chi connectivity index (χ0n) is 13.0. The van der Waals surface area contributed by atoms with Crippen LogP contribution in [0, 0.1) is 0 Å². The summed E-state index contributed by atoms with van der Waals surface area (Å²) in [4.78, 5) is 14.6. The van der Waals surface area contributed by atoms with Crippen LogP contribution in [0.2, 0.25) is 0 Å². The first-order chi connectivity index (χ1) is 10.1. The largest absolute Gasteiger partial charge is 0.497 e. The maximum absolute atomic E-state index is 12.6. The Morgan fingerprint density at radius 3 is 2.67 bits per heavy atom. The molecule has 116 valence electrons. The number of rotatable bonds is 5. The van der Waals surface area contributed by atoms with Crippen molar-refractivity contribution in [3.8, 4) is 5.75 Å². The van der Waals surface area contributed by atoms with Gasteiger partial charge in [0.2, 0.25) is 5.91 Å². The van der Waals surface area contributed by atoms with Crippen LogP contribution in [0.3, 0.4) is 0 Å². The molecular formula is C17H26N2O2. The first kappa shape index (κ1) is 15.8. The fraction of sp³-hybridized carbons (Fsp3) is 0.588. The van der Waals surface area contributed by atoms with Crippen LogP contribution in [0.25, 0.3) is 0 Å². The van der Waals surface area contributed by atoms with Crippen LogP contribution in [0.15, 0.2) is 24.3 Å². The van der Waals surface area contributed by atoms with Gasteiger partial charge in [-0.05, 0) is 50.3 Å². The van der Waals surface area contributed by atoms with Gasteiger partial charge in [0.25, 0.3) is 0 Å². The molecule has 0 aromatic heterocycles. The molecule has 1 aromatic carbocycles. The summed E-state index contributed by atoms with van der Waals surface area (Å²) in [6.45, 7) is 2.82. The number of benzene rings is 1. The highest BCUT2D eigenvalue weighted by molar-refractivity contribution is 5.79. The van der Waals surface area contributed by atoms with E-state index in [4.69, 9.17) is 10.5 Å². The summed E-state index contributed by atoms with van der Waals surface area (Å²) >= 11 is 0. The number of hydrogen-bond donors (Lipinski definition) is 1. The van der Waals surface area contributed by atoms with Gasteiger partial charge in [0.15, 0.2) is 0 Å². The Hall–Kier alpha value is -1.55. The van der Waals surface area contributed by atoms with Crippen molar-refractivity contribution in [2.75, 3.05) is 13.7 Å². The Balaban J connectivity index is 1.99. The first-order valence-corrected chi connectivity index (χ1v) is 7.82. The summed E-state index contributed by atoms with van der Waals surface area (Å²) in [6, 6.07) is 8.40. The summed E-state index contributed by atoms with van der Waals surface area (Å²) in [6.07, 6.45) is 4.53. The van der Waals surface area contributed by atoms with Crippen LogP contribution in [-0.2, 0) is 11.2 Å². The normalized spacial score (nSPS) is 21.9. The number of ether oxygens (including phenoxy) is 1. The second kappa shape index (κ2) is 7.46. The summed E-state index contributed by atoms with van der Waals surface area (Å²) in [5.41, 5.74) is 6.96. The molecule has 0 aliphatic heterocycles. The van der Waals surface area contributed by atoms with Gasteiger partial charge in [-0.25, -0.2) is 0 Å². The monoisotopic (exact) mass is 290 g/mol. The van der Waals surface area contributed by atoms with Crippen LogP contribution in [0.1, 0.15) is 38.2 Å². The molecule has 2 N–H and O–H groups in total. The Morgan fingerprint density at radius 2 is 2.05 bits per heavy atom. The van der Waals surface area contributed by atoms with E-state index in [1.807, 2.05) is 29.2 Å². The lowest BCUT2D eigenvalue weighted by Gasteiger charge is -2.35. The SMILES string of the molecule is CCN(C(=O)Cc1cccc(OC)c1)C1CCC(N)CC1. The first-order valence-electron chi connectivity index (χ1n) is 7.82. The molecule has 0 unspecified atom stereocenters. The summed E-state index contributed by atoms with van der Waals surface area (Å²) in [5, 5.41) is 0. The van der Waals surface area contributed by atoms with E-state index in [1.54, 1.807) is 7.11 Å². The average molecular weight is 290 g/mol. The van der Waals surface area contributed by atoms with E-state index in [2.05, 4.69) is 6.92 Å². The zero-order chi connectivity index (χ0) is 15.2. The third-order valence-corrected chi connectivity index (χ3v) is 4.33. The molecule has 1 aliphatic rings. The Labute approximate surface area is 127 Å². The molecule has 1 aliphatic carbocycles. The van der Waals surface area contributed by atoms with E-state index < -0.39 is 0 Å². The van der Waals surface area contributed by atoms with Gasteiger partial charge in [0.05, 0.1) is 13.5 Å². The van der Waals surface area contributed by atoms with E-state index in [0.29, 0.717) is 18.5 Å². The van der Waals surface area contributed by atoms with E-state index >= 15 is 0 Å². The lowest BCUT2D eigenvalue weighted by molar-refractivity contribution is -0.133. The molecule has 0 radical (unpaired) electrons. The van der Waals surface area contributed by atoms with Gasteiger partial charge >= 0.3 is 0 Å². The average Bonchev–Trinajstić information content (AvgIpc) is 2.50. The lowest BCUT2D eigenvalue weighted by atomic mass is 9.90. The van der Waals surface area contributed by atoms with E-state index in [1.165, 1.54) is 0 Å². The topological polar surface area (TPSA) is 55.6 Å². The summed E-state index contributed by atoms with van der Waals surface area (Å²) in [7, 11) is 1.64. The van der Waals surface area contributed by atoms with E-state index in [-0.39, 0.29) is 5.91 Å². The molecule has 1 saturated carbocycles. The molecule has 1 aromatic rings. The minimum Gasteiger partial charge on any atom is -0.497 e. The van der Waals surface area contributed by atoms with E-state index in [9.17, 15) is 4.79 Å². The number of carbonyl (C=O) groups excluding carboxylic acids is 1. The quantitative estimate of drug-likeness (QED) is 0.905. The molecule has 2 rings (SSSR count). The van der Waals surface area contributed by atoms with Crippen LogP contribution in [0.4, 0.5) is 0 Å². The Morgan fingerprint density at radius 1 is 1.33 bits per heavy atom. The highest BCUT2D eigenvalue weighted by atomic mass is 16.5. The maximum atomic E-state index is 12.6. The second-order valence-corrected chi connectivity index (χ2v) is 5.78. The van der Waals surface area contributed by atoms with Gasteiger partial charge in [-0.3, -0.25) is 4.79 Å². The molecule has 0 heterocycles. The van der Waals surface area contributed by atoms with Crippen molar-refractivity contribution in [2.24, 2.45) is 5.73 Å². The van der Waals surface area contributed by atoms with Crippen LogP contribution >= 0.6 is 0 Å². The van der Waals surface area contributed by atoms with Crippen LogP contribution in [-0.4, -0.2) is 36.5 Å². The van der Waals surface area contributed by atoms with Gasteiger partial charge in [-0.1, -0.05) is 12.1 Å². The fourth-order valence-corrected chi connectivity index (χ4v) is 3.11. The second-order valence-electron chi connectivity index (χ2n) is 5.78. The smallest absolute Gasteiger partial charge is 0.227 e. The number of amides is 1. The number of methoxy groups -OCH3 is 1. The molecule has 21 heavy (non-hydrogen) atoms.